The Hall–Kier alpha value is -4.22. The van der Waals surface area contributed by atoms with Gasteiger partial charge in [0.05, 0.1) is 0 Å². The van der Waals surface area contributed by atoms with Gasteiger partial charge in [0, 0.05) is 32.1 Å². The highest BCUT2D eigenvalue weighted by Gasteiger charge is 2.32. The van der Waals surface area contributed by atoms with Crippen molar-refractivity contribution in [1.82, 2.24) is 9.80 Å². The summed E-state index contributed by atoms with van der Waals surface area (Å²) in [4.78, 5) is 31.5. The number of likely N-dealkylation sites (N-methyl/N-ethyl adjacent to an activating group) is 1. The molecular weight excluding hydrogens is 530 g/mol. The fraction of sp³-hybridized carbons (Fsp3) is 0.316. The fourth-order valence-electron chi connectivity index (χ4n) is 5.84. The minimum atomic E-state index is -0.639. The number of rotatable bonds is 13. The number of hydrogen-bond donors (Lipinski definition) is 1. The Morgan fingerprint density at radius 3 is 1.95 bits per heavy atom. The smallest absolute Gasteiger partial charge is 0.246 e. The van der Waals surface area contributed by atoms with Gasteiger partial charge in [-0.05, 0) is 72.1 Å². The van der Waals surface area contributed by atoms with Gasteiger partial charge in [0.15, 0.2) is 0 Å². The highest BCUT2D eigenvalue weighted by Crippen LogP contribution is 2.32. The zero-order chi connectivity index (χ0) is 30.1. The molecule has 0 spiro atoms. The van der Waals surface area contributed by atoms with Crippen LogP contribution in [0.25, 0.3) is 10.8 Å². The van der Waals surface area contributed by atoms with E-state index < -0.39 is 6.04 Å². The molecule has 0 saturated heterocycles. The number of carbonyl (C=O) groups excluding carboxylic acids is 2. The number of hydrogen-bond acceptors (Lipinski definition) is 3. The molecule has 0 aliphatic heterocycles. The van der Waals surface area contributed by atoms with Gasteiger partial charge in [-0.25, -0.2) is 0 Å². The molecule has 0 bridgehead atoms. The van der Waals surface area contributed by atoms with Crippen molar-refractivity contribution in [1.29, 1.82) is 0 Å². The summed E-state index contributed by atoms with van der Waals surface area (Å²) in [6.07, 6.45) is 9.22. The Kier molecular flexibility index (Phi) is 10.1. The molecule has 1 saturated carbocycles. The number of carbonyl (C=O) groups is 2. The molecule has 4 aromatic rings. The minimum absolute atomic E-state index is 0.0291. The fourth-order valence-corrected chi connectivity index (χ4v) is 5.84. The van der Waals surface area contributed by atoms with E-state index >= 15 is 0 Å². The second-order valence-corrected chi connectivity index (χ2v) is 12.0. The summed E-state index contributed by atoms with van der Waals surface area (Å²) in [6, 6.07) is 34.4. The molecule has 1 aliphatic carbocycles. The van der Waals surface area contributed by atoms with Crippen LogP contribution in [0.4, 0.5) is 0 Å². The lowest BCUT2D eigenvalue weighted by Crippen LogP contribution is -2.51. The predicted octanol–water partition coefficient (Wildman–Crippen LogP) is 6.35. The van der Waals surface area contributed by atoms with Crippen molar-refractivity contribution in [3.8, 4) is 0 Å². The molecule has 1 fully saturated rings. The van der Waals surface area contributed by atoms with Crippen LogP contribution in [0, 0.1) is 0 Å². The van der Waals surface area contributed by atoms with Crippen LogP contribution in [0.2, 0.25) is 0 Å². The first-order valence-corrected chi connectivity index (χ1v) is 15.5. The molecule has 0 unspecified atom stereocenters. The van der Waals surface area contributed by atoms with Gasteiger partial charge in [0.1, 0.15) is 6.04 Å². The highest BCUT2D eigenvalue weighted by atomic mass is 16.2. The molecular formula is C38H43N3O2. The van der Waals surface area contributed by atoms with E-state index in [1.807, 2.05) is 59.5 Å². The van der Waals surface area contributed by atoms with Gasteiger partial charge in [-0.2, -0.15) is 0 Å². The largest absolute Gasteiger partial charge is 0.340 e. The molecule has 2 amide bonds. The summed E-state index contributed by atoms with van der Waals surface area (Å²) >= 11 is 0. The number of benzene rings is 4. The summed E-state index contributed by atoms with van der Waals surface area (Å²) < 4.78 is 0. The van der Waals surface area contributed by atoms with Crippen molar-refractivity contribution in [2.24, 2.45) is 5.73 Å². The Labute approximate surface area is 256 Å². The molecule has 222 valence electrons. The molecule has 5 heteroatoms. The number of fused-ring (bicyclic) bond motifs is 1. The molecule has 2 N–H and O–H groups in total. The summed E-state index contributed by atoms with van der Waals surface area (Å²) in [5.74, 6) is -0.202. The van der Waals surface area contributed by atoms with E-state index in [-0.39, 0.29) is 17.4 Å². The van der Waals surface area contributed by atoms with E-state index in [4.69, 9.17) is 5.73 Å². The van der Waals surface area contributed by atoms with Gasteiger partial charge in [0.25, 0.3) is 0 Å². The van der Waals surface area contributed by atoms with E-state index in [2.05, 4.69) is 54.6 Å². The second-order valence-electron chi connectivity index (χ2n) is 12.0. The SMILES string of the molecule is CN(C(=O)/C=C/CC1(N)CCC1)[C@H](Cc1ccc2ccccc2c1)C(=O)N(CCc1ccccc1)CCc1ccccc1. The number of nitrogens with zero attached hydrogens (tertiary/aromatic N) is 2. The van der Waals surface area contributed by atoms with Crippen molar-refractivity contribution in [3.63, 3.8) is 0 Å². The molecule has 43 heavy (non-hydrogen) atoms. The van der Waals surface area contributed by atoms with Gasteiger partial charge in [-0.3, -0.25) is 9.59 Å². The van der Waals surface area contributed by atoms with Gasteiger partial charge >= 0.3 is 0 Å². The minimum Gasteiger partial charge on any atom is -0.340 e. The summed E-state index contributed by atoms with van der Waals surface area (Å²) in [5, 5.41) is 2.28. The van der Waals surface area contributed by atoms with Crippen LogP contribution >= 0.6 is 0 Å². The van der Waals surface area contributed by atoms with Crippen LogP contribution in [0.3, 0.4) is 0 Å². The van der Waals surface area contributed by atoms with Crippen LogP contribution in [0.15, 0.2) is 115 Å². The monoisotopic (exact) mass is 573 g/mol. The first-order chi connectivity index (χ1) is 20.9. The Balaban J connectivity index is 1.39. The van der Waals surface area contributed by atoms with Crippen molar-refractivity contribution in [2.45, 2.75) is 56.5 Å². The van der Waals surface area contributed by atoms with Gasteiger partial charge in [-0.1, -0.05) is 109 Å². The number of amides is 2. The third-order valence-electron chi connectivity index (χ3n) is 8.82. The summed E-state index contributed by atoms with van der Waals surface area (Å²) in [5.41, 5.74) is 9.59. The molecule has 4 aromatic carbocycles. The third-order valence-corrected chi connectivity index (χ3v) is 8.82. The first-order valence-electron chi connectivity index (χ1n) is 15.5. The van der Waals surface area contributed by atoms with Crippen LogP contribution < -0.4 is 5.73 Å². The molecule has 5 nitrogen and oxygen atoms in total. The van der Waals surface area contributed by atoms with Gasteiger partial charge in [-0.15, -0.1) is 0 Å². The Morgan fingerprint density at radius 1 is 0.791 bits per heavy atom. The molecule has 0 aromatic heterocycles. The maximum absolute atomic E-state index is 14.5. The molecule has 5 rings (SSSR count). The maximum Gasteiger partial charge on any atom is 0.246 e. The van der Waals surface area contributed by atoms with Crippen LogP contribution in [0.1, 0.15) is 42.4 Å². The third kappa shape index (κ3) is 8.20. The van der Waals surface area contributed by atoms with E-state index in [1.54, 1.807) is 18.0 Å². The predicted molar refractivity (Wildman–Crippen MR) is 176 cm³/mol. The summed E-state index contributed by atoms with van der Waals surface area (Å²) in [6.45, 7) is 1.16. The Bertz CT molecular complexity index is 1490. The normalized spacial score (nSPS) is 14.7. The van der Waals surface area contributed by atoms with E-state index in [9.17, 15) is 9.59 Å². The van der Waals surface area contributed by atoms with E-state index in [0.717, 1.165) is 48.4 Å². The average Bonchev–Trinajstić information content (AvgIpc) is 3.03. The van der Waals surface area contributed by atoms with Crippen molar-refractivity contribution in [3.05, 3.63) is 132 Å². The molecule has 1 aliphatic rings. The molecule has 0 radical (unpaired) electrons. The van der Waals surface area contributed by atoms with Crippen molar-refractivity contribution >= 4 is 22.6 Å². The van der Waals surface area contributed by atoms with Gasteiger partial charge in [0.2, 0.25) is 11.8 Å². The average molecular weight is 574 g/mol. The van der Waals surface area contributed by atoms with E-state index in [1.165, 1.54) is 11.1 Å². The van der Waals surface area contributed by atoms with Crippen molar-refractivity contribution in [2.75, 3.05) is 20.1 Å². The lowest BCUT2D eigenvalue weighted by atomic mass is 9.75. The second kappa shape index (κ2) is 14.3. The van der Waals surface area contributed by atoms with E-state index in [0.29, 0.717) is 25.9 Å². The first kappa shape index (κ1) is 30.2. The van der Waals surface area contributed by atoms with Gasteiger partial charge < -0.3 is 15.5 Å². The topological polar surface area (TPSA) is 66.6 Å². The zero-order valence-electron chi connectivity index (χ0n) is 25.2. The van der Waals surface area contributed by atoms with Crippen LogP contribution in [-0.4, -0.2) is 53.3 Å². The highest BCUT2D eigenvalue weighted by molar-refractivity contribution is 5.93. The maximum atomic E-state index is 14.5. The number of nitrogens with two attached hydrogens (primary N) is 1. The standard InChI is InChI=1S/C38H43N3O2/c1-40(36(42)18-10-23-38(39)24-11-25-38)35(29-32-19-20-33-16-8-9-17-34(33)28-32)37(43)41(26-21-30-12-4-2-5-13-30)27-22-31-14-6-3-7-15-31/h2-10,12-20,28,35H,11,21-27,29,39H2,1H3/b18-10+/t35-/m1/s1. The quantitative estimate of drug-likeness (QED) is 0.190. The van der Waals surface area contributed by atoms with Crippen LogP contribution in [0.5, 0.6) is 0 Å². The lowest BCUT2D eigenvalue weighted by Gasteiger charge is -2.37. The summed E-state index contributed by atoms with van der Waals surface area (Å²) in [7, 11) is 1.75. The Morgan fingerprint density at radius 2 is 1.37 bits per heavy atom. The molecule has 0 heterocycles. The lowest BCUT2D eigenvalue weighted by molar-refractivity contribution is -0.142. The molecule has 1 atom stereocenters. The van der Waals surface area contributed by atoms with Crippen LogP contribution in [-0.2, 0) is 28.9 Å². The van der Waals surface area contributed by atoms with Crippen molar-refractivity contribution < 1.29 is 9.59 Å². The zero-order valence-corrected chi connectivity index (χ0v) is 25.2.